The Bertz CT molecular complexity index is 507. The molecule has 0 radical (unpaired) electrons. The predicted octanol–water partition coefficient (Wildman–Crippen LogP) is 3.02. The average Bonchev–Trinajstić information content (AvgIpc) is 2.76. The van der Waals surface area contributed by atoms with E-state index in [1.54, 1.807) is 0 Å². The van der Waals surface area contributed by atoms with E-state index in [1.165, 1.54) is 54.4 Å². The number of fused-ring (bicyclic) bond motifs is 1. The van der Waals surface area contributed by atoms with Gasteiger partial charge >= 0.3 is 0 Å². The number of benzene rings is 1. The van der Waals surface area contributed by atoms with Gasteiger partial charge in [-0.15, -0.1) is 0 Å². The maximum absolute atomic E-state index is 3.43. The highest BCUT2D eigenvalue weighted by Gasteiger charge is 2.15. The third-order valence-corrected chi connectivity index (χ3v) is 3.98. The summed E-state index contributed by atoms with van der Waals surface area (Å²) >= 11 is 0. The van der Waals surface area contributed by atoms with Crippen LogP contribution in [-0.2, 0) is 6.42 Å². The lowest BCUT2D eigenvalue weighted by Gasteiger charge is -2.22. The Kier molecular flexibility index (Phi) is 2.89. The number of aryl methyl sites for hydroxylation is 1. The Morgan fingerprint density at radius 3 is 2.88 bits per heavy atom. The summed E-state index contributed by atoms with van der Waals surface area (Å²) in [5, 5.41) is 4.85. The molecule has 0 spiro atoms. The van der Waals surface area contributed by atoms with Crippen molar-refractivity contribution >= 4 is 10.9 Å². The van der Waals surface area contributed by atoms with Crippen molar-refractivity contribution < 1.29 is 0 Å². The van der Waals surface area contributed by atoms with Crippen LogP contribution in [0.2, 0.25) is 0 Å². The second-order valence-electron chi connectivity index (χ2n) is 5.21. The van der Waals surface area contributed by atoms with E-state index in [0.29, 0.717) is 0 Å². The van der Waals surface area contributed by atoms with Gasteiger partial charge in [-0.1, -0.05) is 18.2 Å². The van der Waals surface area contributed by atoms with Crippen molar-refractivity contribution in [2.45, 2.75) is 26.2 Å². The number of rotatable bonds is 2. The lowest BCUT2D eigenvalue weighted by atomic mass is 9.91. The average molecular weight is 228 g/mol. The molecule has 2 heteroatoms. The molecule has 90 valence electrons. The Labute approximate surface area is 102 Å². The molecule has 1 fully saturated rings. The first-order valence-electron chi connectivity index (χ1n) is 6.61. The number of aromatic nitrogens is 1. The van der Waals surface area contributed by atoms with E-state index in [4.69, 9.17) is 0 Å². The second-order valence-corrected chi connectivity index (χ2v) is 5.21. The molecule has 0 amide bonds. The van der Waals surface area contributed by atoms with Gasteiger partial charge in [0.2, 0.25) is 0 Å². The fourth-order valence-corrected chi connectivity index (χ4v) is 2.93. The molecule has 0 bridgehead atoms. The molecule has 1 aromatic carbocycles. The number of para-hydroxylation sites is 1. The van der Waals surface area contributed by atoms with Crippen LogP contribution in [0.3, 0.4) is 0 Å². The molecule has 3 rings (SSSR count). The minimum atomic E-state index is 0.857. The number of aromatic amines is 1. The molecule has 2 N–H and O–H groups in total. The van der Waals surface area contributed by atoms with Crippen LogP contribution in [0, 0.1) is 12.8 Å². The molecule has 1 aliphatic heterocycles. The zero-order valence-corrected chi connectivity index (χ0v) is 10.4. The molecule has 2 heterocycles. The number of hydrogen-bond donors (Lipinski definition) is 2. The first-order valence-corrected chi connectivity index (χ1v) is 6.61. The van der Waals surface area contributed by atoms with Crippen molar-refractivity contribution in [3.05, 3.63) is 35.5 Å². The molecule has 0 unspecified atom stereocenters. The third kappa shape index (κ3) is 2.09. The Morgan fingerprint density at radius 2 is 2.06 bits per heavy atom. The summed E-state index contributed by atoms with van der Waals surface area (Å²) in [5.74, 6) is 0.857. The van der Waals surface area contributed by atoms with E-state index in [1.807, 2.05) is 0 Å². The molecule has 0 atom stereocenters. The highest BCUT2D eigenvalue weighted by molar-refractivity contribution is 5.85. The van der Waals surface area contributed by atoms with Crippen molar-refractivity contribution in [1.29, 1.82) is 0 Å². The van der Waals surface area contributed by atoms with Crippen LogP contribution in [0.5, 0.6) is 0 Å². The molecule has 17 heavy (non-hydrogen) atoms. The van der Waals surface area contributed by atoms with Crippen LogP contribution in [-0.4, -0.2) is 18.1 Å². The van der Waals surface area contributed by atoms with E-state index in [0.717, 1.165) is 5.92 Å². The van der Waals surface area contributed by atoms with Crippen molar-refractivity contribution in [2.24, 2.45) is 5.92 Å². The molecule has 0 aliphatic carbocycles. The van der Waals surface area contributed by atoms with Gasteiger partial charge in [-0.3, -0.25) is 0 Å². The van der Waals surface area contributed by atoms with E-state index in [2.05, 4.69) is 41.6 Å². The summed E-state index contributed by atoms with van der Waals surface area (Å²) in [7, 11) is 0. The zero-order chi connectivity index (χ0) is 11.7. The molecule has 1 aliphatic rings. The number of nitrogens with one attached hydrogen (secondary N) is 2. The number of piperidine rings is 1. The highest BCUT2D eigenvalue weighted by Crippen LogP contribution is 2.26. The van der Waals surface area contributed by atoms with Crippen LogP contribution in [0.4, 0.5) is 0 Å². The van der Waals surface area contributed by atoms with Gasteiger partial charge in [-0.05, 0) is 56.3 Å². The van der Waals surface area contributed by atoms with Gasteiger partial charge in [0, 0.05) is 17.1 Å². The summed E-state index contributed by atoms with van der Waals surface area (Å²) in [6.07, 6.45) is 6.07. The number of hydrogen-bond acceptors (Lipinski definition) is 1. The topological polar surface area (TPSA) is 27.8 Å². The van der Waals surface area contributed by atoms with Crippen molar-refractivity contribution in [2.75, 3.05) is 13.1 Å². The Balaban J connectivity index is 1.87. The van der Waals surface area contributed by atoms with Crippen LogP contribution < -0.4 is 5.32 Å². The maximum atomic E-state index is 3.43. The molecule has 0 saturated carbocycles. The molecule has 2 aromatic rings. The van der Waals surface area contributed by atoms with Crippen LogP contribution in [0.1, 0.15) is 24.0 Å². The van der Waals surface area contributed by atoms with E-state index in [-0.39, 0.29) is 0 Å². The third-order valence-electron chi connectivity index (χ3n) is 3.98. The standard InChI is InChI=1S/C15H20N2/c1-11-3-2-4-14-13(10-17-15(11)14)9-12-5-7-16-8-6-12/h2-4,10,12,16-17H,5-9H2,1H3. The maximum Gasteiger partial charge on any atom is 0.0486 e. The minimum Gasteiger partial charge on any atom is -0.361 e. The molecular formula is C15H20N2. The number of H-pyrrole nitrogens is 1. The summed E-state index contributed by atoms with van der Waals surface area (Å²) in [4.78, 5) is 3.43. The highest BCUT2D eigenvalue weighted by atomic mass is 14.9. The fourth-order valence-electron chi connectivity index (χ4n) is 2.93. The first kappa shape index (κ1) is 10.8. The van der Waals surface area contributed by atoms with Gasteiger partial charge < -0.3 is 10.3 Å². The minimum absolute atomic E-state index is 0.857. The van der Waals surface area contributed by atoms with Crippen LogP contribution in [0.15, 0.2) is 24.4 Å². The summed E-state index contributed by atoms with van der Waals surface area (Å²) in [5.41, 5.74) is 4.16. The largest absolute Gasteiger partial charge is 0.361 e. The Hall–Kier alpha value is -1.28. The van der Waals surface area contributed by atoms with Gasteiger partial charge in [-0.25, -0.2) is 0 Å². The van der Waals surface area contributed by atoms with E-state index in [9.17, 15) is 0 Å². The lowest BCUT2D eigenvalue weighted by Crippen LogP contribution is -2.28. The van der Waals surface area contributed by atoms with Gasteiger partial charge in [-0.2, -0.15) is 0 Å². The quantitative estimate of drug-likeness (QED) is 0.812. The summed E-state index contributed by atoms with van der Waals surface area (Å²) < 4.78 is 0. The molecule has 1 aromatic heterocycles. The van der Waals surface area contributed by atoms with Crippen LogP contribution in [0.25, 0.3) is 10.9 Å². The molecule has 1 saturated heterocycles. The second kappa shape index (κ2) is 4.53. The van der Waals surface area contributed by atoms with Crippen molar-refractivity contribution in [1.82, 2.24) is 10.3 Å². The van der Waals surface area contributed by atoms with E-state index >= 15 is 0 Å². The summed E-state index contributed by atoms with van der Waals surface area (Å²) in [6, 6.07) is 6.58. The Morgan fingerprint density at radius 1 is 1.24 bits per heavy atom. The monoisotopic (exact) mass is 228 g/mol. The molecular weight excluding hydrogens is 208 g/mol. The SMILES string of the molecule is Cc1cccc2c(CC3CCNCC3)c[nH]c12. The van der Waals surface area contributed by atoms with Crippen LogP contribution >= 0.6 is 0 Å². The predicted molar refractivity (Wildman–Crippen MR) is 72.3 cm³/mol. The van der Waals surface area contributed by atoms with E-state index < -0.39 is 0 Å². The van der Waals surface area contributed by atoms with Crippen molar-refractivity contribution in [3.63, 3.8) is 0 Å². The van der Waals surface area contributed by atoms with Crippen molar-refractivity contribution in [3.8, 4) is 0 Å². The smallest absolute Gasteiger partial charge is 0.0486 e. The summed E-state index contributed by atoms with van der Waals surface area (Å²) in [6.45, 7) is 4.55. The van der Waals surface area contributed by atoms with Gasteiger partial charge in [0.25, 0.3) is 0 Å². The fraction of sp³-hybridized carbons (Fsp3) is 0.467. The molecule has 2 nitrogen and oxygen atoms in total. The zero-order valence-electron chi connectivity index (χ0n) is 10.4. The first-order chi connectivity index (χ1) is 8.34. The van der Waals surface area contributed by atoms with Gasteiger partial charge in [0.05, 0.1) is 0 Å². The van der Waals surface area contributed by atoms with Gasteiger partial charge in [0.1, 0.15) is 0 Å². The lowest BCUT2D eigenvalue weighted by molar-refractivity contribution is 0.373. The normalized spacial score (nSPS) is 17.7. The van der Waals surface area contributed by atoms with Gasteiger partial charge in [0.15, 0.2) is 0 Å².